The molecular weight excluding hydrogens is 216 g/mol. The summed E-state index contributed by atoms with van der Waals surface area (Å²) in [7, 11) is 0. The van der Waals surface area contributed by atoms with E-state index >= 15 is 0 Å². The Bertz CT molecular complexity index is 116. The molecule has 0 amide bonds. The molecule has 0 N–H and O–H groups in total. The van der Waals surface area contributed by atoms with Gasteiger partial charge < -0.3 is 11.3 Å². The van der Waals surface area contributed by atoms with Crippen LogP contribution in [0.3, 0.4) is 0 Å². The van der Waals surface area contributed by atoms with Crippen molar-refractivity contribution in [2.45, 2.75) is 39.5 Å². The van der Waals surface area contributed by atoms with E-state index in [1.165, 1.54) is 12.8 Å². The molecule has 0 saturated heterocycles. The Hall–Kier alpha value is -0.388. The van der Waals surface area contributed by atoms with Crippen LogP contribution in [0.1, 0.15) is 39.5 Å². The largest absolute Gasteiger partial charge is 2.00 e. The number of hydrogen-bond donors (Lipinski definition) is 0. The molecule has 0 aliphatic heterocycles. The minimum atomic E-state index is -0.177. The van der Waals surface area contributed by atoms with Crippen molar-refractivity contribution in [1.29, 1.82) is 0 Å². The molecule has 0 aliphatic carbocycles. The summed E-state index contributed by atoms with van der Waals surface area (Å²) >= 11 is 0. The van der Waals surface area contributed by atoms with E-state index in [0.717, 1.165) is 12.8 Å². The molecule has 0 aromatic heterocycles. The van der Waals surface area contributed by atoms with Gasteiger partial charge in [-0.15, -0.1) is 0 Å². The number of esters is 1. The monoisotopic (exact) mass is 236 g/mol. The fourth-order valence-corrected chi connectivity index (χ4v) is 0.815. The Morgan fingerprint density at radius 1 is 1.36 bits per heavy atom. The van der Waals surface area contributed by atoms with Crippen molar-refractivity contribution in [3.63, 3.8) is 0 Å². The van der Waals surface area contributed by atoms with Crippen molar-refractivity contribution in [3.8, 4) is 0 Å². The van der Waals surface area contributed by atoms with Crippen LogP contribution < -0.4 is 0 Å². The zero-order valence-corrected chi connectivity index (χ0v) is 10.4. The Balaban J connectivity index is -0.000000376. The second-order valence-electron chi connectivity index (χ2n) is 2.45. The van der Waals surface area contributed by atoms with E-state index in [1.54, 1.807) is 6.42 Å². The van der Waals surface area contributed by atoms with Crippen molar-refractivity contribution in [2.24, 2.45) is 0 Å². The molecule has 3 heteroatoms. The summed E-state index contributed by atoms with van der Waals surface area (Å²) in [6.45, 7) is 11.4. The molecule has 0 fully saturated rings. The zero-order chi connectivity index (χ0) is 10.5. The van der Waals surface area contributed by atoms with Crippen LogP contribution in [-0.4, -0.2) is 12.6 Å². The van der Waals surface area contributed by atoms with Crippen molar-refractivity contribution in [1.82, 2.24) is 0 Å². The number of carbonyl (C=O) groups is 1. The molecule has 0 aromatic rings. The van der Waals surface area contributed by atoms with E-state index in [0.29, 0.717) is 6.61 Å². The van der Waals surface area contributed by atoms with Crippen LogP contribution in [0.25, 0.3) is 0 Å². The van der Waals surface area contributed by atoms with Gasteiger partial charge in [0.15, 0.2) is 5.97 Å². The van der Waals surface area contributed by atoms with Crippen LogP contribution in [0.5, 0.6) is 0 Å². The molecule has 0 saturated carbocycles. The van der Waals surface area contributed by atoms with Gasteiger partial charge >= 0.3 is 17.4 Å². The van der Waals surface area contributed by atoms with E-state index in [2.05, 4.69) is 20.1 Å². The first kappa shape index (κ1) is 19.2. The second kappa shape index (κ2) is 18.4. The third-order valence-corrected chi connectivity index (χ3v) is 1.41. The molecule has 2 nitrogen and oxygen atoms in total. The van der Waals surface area contributed by atoms with Crippen LogP contribution in [0, 0.1) is 13.0 Å². The van der Waals surface area contributed by atoms with Crippen LogP contribution in [0.4, 0.5) is 0 Å². The minimum Gasteiger partial charge on any atom is -0.521 e. The van der Waals surface area contributed by atoms with Gasteiger partial charge in [-0.2, -0.15) is 6.42 Å². The maximum Gasteiger partial charge on any atom is 2.00 e. The summed E-state index contributed by atoms with van der Waals surface area (Å²) in [4.78, 5) is 10.7. The maximum atomic E-state index is 10.7. The predicted molar refractivity (Wildman–Crippen MR) is 55.0 cm³/mol. The molecule has 0 rings (SSSR count). The number of carbonyl (C=O) groups excluding carboxylic acids is 1. The van der Waals surface area contributed by atoms with Crippen LogP contribution in [0.15, 0.2) is 6.58 Å². The van der Waals surface area contributed by atoms with Gasteiger partial charge in [-0.1, -0.05) is 26.2 Å². The molecule has 82 valence electrons. The van der Waals surface area contributed by atoms with Gasteiger partial charge in [0.05, 0.1) is 6.61 Å². The van der Waals surface area contributed by atoms with Crippen LogP contribution >= 0.6 is 0 Å². The zero-order valence-electron chi connectivity index (χ0n) is 9.12. The first-order valence-electron chi connectivity index (χ1n) is 4.72. The summed E-state index contributed by atoms with van der Waals surface area (Å²) in [5.74, 6) is -0.177. The molecule has 0 heterocycles. The smallest absolute Gasteiger partial charge is 0.521 e. The first-order chi connectivity index (χ1) is 6.31. The maximum absolute atomic E-state index is 10.7. The molecule has 0 radical (unpaired) electrons. The van der Waals surface area contributed by atoms with Gasteiger partial charge in [-0.3, -0.25) is 17.8 Å². The van der Waals surface area contributed by atoms with E-state index in [-0.39, 0.29) is 23.3 Å². The third-order valence-electron chi connectivity index (χ3n) is 1.41. The Labute approximate surface area is 98.9 Å². The predicted octanol–water partition coefficient (Wildman–Crippen LogP) is 2.94. The molecular formula is C11H20CrO2. The molecule has 0 spiro atoms. The van der Waals surface area contributed by atoms with E-state index in [1.807, 2.05) is 6.92 Å². The van der Waals surface area contributed by atoms with E-state index in [4.69, 9.17) is 4.74 Å². The molecule has 0 unspecified atom stereocenters. The fraction of sp³-hybridized carbons (Fsp3) is 0.636. The van der Waals surface area contributed by atoms with Gasteiger partial charge in [0, 0.05) is 0 Å². The number of unbranched alkanes of at least 4 members (excludes halogenated alkanes) is 3. The van der Waals surface area contributed by atoms with Crippen molar-refractivity contribution in [3.05, 3.63) is 19.6 Å². The fourth-order valence-electron chi connectivity index (χ4n) is 0.815. The van der Waals surface area contributed by atoms with E-state index < -0.39 is 0 Å². The minimum absolute atomic E-state index is 0. The van der Waals surface area contributed by atoms with Gasteiger partial charge in [0.25, 0.3) is 0 Å². The van der Waals surface area contributed by atoms with Gasteiger partial charge in [-0.25, -0.2) is 0 Å². The van der Waals surface area contributed by atoms with Gasteiger partial charge in [-0.05, 0) is 6.92 Å². The summed E-state index contributed by atoms with van der Waals surface area (Å²) in [6, 6.07) is 0. The summed E-state index contributed by atoms with van der Waals surface area (Å²) in [6.07, 6.45) is 5.95. The van der Waals surface area contributed by atoms with Crippen LogP contribution in [-0.2, 0) is 26.9 Å². The average Bonchev–Trinajstić information content (AvgIpc) is 2.16. The topological polar surface area (TPSA) is 26.3 Å². The molecule has 0 atom stereocenters. The summed E-state index contributed by atoms with van der Waals surface area (Å²) in [5.41, 5.74) is 0. The third kappa shape index (κ3) is 17.6. The second-order valence-corrected chi connectivity index (χ2v) is 2.45. The quantitative estimate of drug-likeness (QED) is 0.402. The average molecular weight is 236 g/mol. The standard InChI is InChI=1S/C9H17O2.C2H3.Cr/c1-3-5-6-7-8-9(10)11-4-2;1-2;/h8H,3-7H2,1-2H3;1H,2H2;/q2*-1;+2. The summed E-state index contributed by atoms with van der Waals surface area (Å²) in [5, 5.41) is 0. The van der Waals surface area contributed by atoms with Gasteiger partial charge in [0.1, 0.15) is 0 Å². The van der Waals surface area contributed by atoms with Crippen LogP contribution in [0.2, 0.25) is 0 Å². The number of ether oxygens (including phenoxy) is 1. The molecule has 0 bridgehead atoms. The Kier molecular flexibility index (Phi) is 25.3. The van der Waals surface area contributed by atoms with Crippen molar-refractivity contribution < 1.29 is 26.9 Å². The van der Waals surface area contributed by atoms with Gasteiger partial charge in [0.2, 0.25) is 0 Å². The molecule has 0 aliphatic rings. The van der Waals surface area contributed by atoms with Crippen molar-refractivity contribution in [2.75, 3.05) is 6.61 Å². The Morgan fingerprint density at radius 3 is 2.36 bits per heavy atom. The Morgan fingerprint density at radius 2 is 1.93 bits per heavy atom. The van der Waals surface area contributed by atoms with Crippen molar-refractivity contribution >= 4 is 5.97 Å². The molecule has 14 heavy (non-hydrogen) atoms. The number of rotatable bonds is 6. The summed E-state index contributed by atoms with van der Waals surface area (Å²) < 4.78 is 4.73. The molecule has 0 aromatic carbocycles. The SMILES string of the molecule is CCCCC[CH-]C(=O)OCC.[CH-]=C.[Cr+2]. The first-order valence-corrected chi connectivity index (χ1v) is 4.72. The normalized spacial score (nSPS) is 7.57. The number of hydrogen-bond acceptors (Lipinski definition) is 2. The van der Waals surface area contributed by atoms with E-state index in [9.17, 15) is 4.79 Å².